The summed E-state index contributed by atoms with van der Waals surface area (Å²) in [5.41, 5.74) is 1.58. The molecule has 0 radical (unpaired) electrons. The summed E-state index contributed by atoms with van der Waals surface area (Å²) in [4.78, 5) is 8.43. The Kier molecular flexibility index (Phi) is 5.27. The molecule has 7 heteroatoms. The van der Waals surface area contributed by atoms with E-state index in [1.165, 1.54) is 4.88 Å². The number of hydrogen-bond donors (Lipinski definition) is 0. The fraction of sp³-hybridized carbons (Fsp3) is 0.350. The van der Waals surface area contributed by atoms with Gasteiger partial charge in [-0.05, 0) is 42.5 Å². The summed E-state index contributed by atoms with van der Waals surface area (Å²) < 4.78 is 28.0. The van der Waals surface area contributed by atoms with E-state index < -0.39 is 10.0 Å². The first-order chi connectivity index (χ1) is 13.0. The summed E-state index contributed by atoms with van der Waals surface area (Å²) in [7, 11) is -3.54. The van der Waals surface area contributed by atoms with Crippen LogP contribution in [0.2, 0.25) is 0 Å². The van der Waals surface area contributed by atoms with Crippen molar-refractivity contribution in [2.24, 2.45) is 0 Å². The fourth-order valence-electron chi connectivity index (χ4n) is 3.51. The van der Waals surface area contributed by atoms with Crippen molar-refractivity contribution in [3.63, 3.8) is 0 Å². The van der Waals surface area contributed by atoms with Gasteiger partial charge in [0.2, 0.25) is 10.0 Å². The minimum atomic E-state index is -3.54. The highest BCUT2D eigenvalue weighted by atomic mass is 32.2. The van der Waals surface area contributed by atoms with Crippen LogP contribution < -0.4 is 0 Å². The molecule has 2 aromatic heterocycles. The zero-order valence-electron chi connectivity index (χ0n) is 15.3. The molecule has 0 spiro atoms. The average molecular weight is 402 g/mol. The van der Waals surface area contributed by atoms with Crippen LogP contribution in [0.4, 0.5) is 0 Å². The number of piperazine rings is 1. The minimum absolute atomic E-state index is 0.312. The number of thiophene rings is 1. The minimum Gasteiger partial charge on any atom is -0.300 e. The van der Waals surface area contributed by atoms with Crippen molar-refractivity contribution in [3.8, 4) is 0 Å². The van der Waals surface area contributed by atoms with Gasteiger partial charge >= 0.3 is 0 Å². The first kappa shape index (κ1) is 18.6. The van der Waals surface area contributed by atoms with Gasteiger partial charge in [-0.1, -0.05) is 18.2 Å². The highest BCUT2D eigenvalue weighted by Crippen LogP contribution is 2.25. The molecule has 0 N–H and O–H groups in total. The normalized spacial score (nSPS) is 16.8. The molecule has 4 rings (SSSR count). The number of sulfonamides is 1. The van der Waals surface area contributed by atoms with Crippen LogP contribution in [0.25, 0.3) is 10.9 Å². The molecule has 0 atom stereocenters. The lowest BCUT2D eigenvalue weighted by Crippen LogP contribution is -2.49. The molecule has 1 saturated heterocycles. The number of nitrogens with zero attached hydrogens (tertiary/aromatic N) is 3. The Morgan fingerprint density at radius 2 is 1.93 bits per heavy atom. The van der Waals surface area contributed by atoms with E-state index in [1.54, 1.807) is 34.0 Å². The maximum Gasteiger partial charge on any atom is 0.245 e. The Morgan fingerprint density at radius 1 is 1.11 bits per heavy atom. The Hall–Kier alpha value is -1.80. The van der Waals surface area contributed by atoms with Crippen molar-refractivity contribution in [2.75, 3.05) is 32.7 Å². The highest BCUT2D eigenvalue weighted by molar-refractivity contribution is 7.89. The molecular formula is C20H23N3O2S2. The predicted molar refractivity (Wildman–Crippen MR) is 110 cm³/mol. The quantitative estimate of drug-likeness (QED) is 0.659. The Bertz CT molecular complexity index is 1020. The zero-order chi connectivity index (χ0) is 18.9. The van der Waals surface area contributed by atoms with E-state index in [-0.39, 0.29) is 0 Å². The fourth-order valence-corrected chi connectivity index (χ4v) is 5.79. The molecule has 142 valence electrons. The van der Waals surface area contributed by atoms with Gasteiger partial charge in [-0.2, -0.15) is 4.31 Å². The number of benzene rings is 1. The van der Waals surface area contributed by atoms with Gasteiger partial charge in [-0.25, -0.2) is 8.42 Å². The summed E-state index contributed by atoms with van der Waals surface area (Å²) >= 11 is 1.78. The number of hydrogen-bond acceptors (Lipinski definition) is 5. The number of aryl methyl sites for hydroxylation is 1. The lowest BCUT2D eigenvalue weighted by atomic mass is 10.2. The van der Waals surface area contributed by atoms with Crippen LogP contribution in [0.1, 0.15) is 10.4 Å². The van der Waals surface area contributed by atoms with E-state index in [0.29, 0.717) is 23.5 Å². The second-order valence-corrected chi connectivity index (χ2v) is 9.85. The summed E-state index contributed by atoms with van der Waals surface area (Å²) in [6.07, 6.45) is 2.75. The van der Waals surface area contributed by atoms with E-state index in [1.807, 2.05) is 19.1 Å². The summed E-state index contributed by atoms with van der Waals surface area (Å²) in [6, 6.07) is 11.6. The lowest BCUT2D eigenvalue weighted by molar-refractivity contribution is 0.190. The topological polar surface area (TPSA) is 53.5 Å². The third-order valence-electron chi connectivity index (χ3n) is 5.01. The van der Waals surface area contributed by atoms with Crippen LogP contribution in [0.3, 0.4) is 0 Å². The molecule has 0 saturated carbocycles. The van der Waals surface area contributed by atoms with Gasteiger partial charge in [0.05, 0.1) is 5.52 Å². The molecule has 0 bridgehead atoms. The molecule has 3 heterocycles. The maximum absolute atomic E-state index is 13.2. The lowest BCUT2D eigenvalue weighted by Gasteiger charge is -2.34. The largest absolute Gasteiger partial charge is 0.300 e. The average Bonchev–Trinajstić information content (AvgIpc) is 3.19. The van der Waals surface area contributed by atoms with E-state index in [9.17, 15) is 8.42 Å². The molecule has 1 aliphatic rings. The standard InChI is InChI=1S/C20H23N3O2S2/c1-16-14-17-4-2-6-19(20(17)21-15-16)27(24,25)23-11-9-22(10-12-23)8-7-18-5-3-13-26-18/h2-6,13-15H,7-12H2,1H3. The molecular weight excluding hydrogens is 378 g/mol. The molecule has 0 amide bonds. The van der Waals surface area contributed by atoms with Crippen molar-refractivity contribution in [2.45, 2.75) is 18.2 Å². The molecule has 27 heavy (non-hydrogen) atoms. The van der Waals surface area contributed by atoms with Crippen LogP contribution >= 0.6 is 11.3 Å². The number of para-hydroxylation sites is 1. The van der Waals surface area contributed by atoms with Gasteiger partial charge in [0, 0.05) is 49.2 Å². The van der Waals surface area contributed by atoms with Gasteiger partial charge in [-0.3, -0.25) is 4.98 Å². The van der Waals surface area contributed by atoms with Crippen LogP contribution in [-0.4, -0.2) is 55.3 Å². The molecule has 0 aliphatic carbocycles. The summed E-state index contributed by atoms with van der Waals surface area (Å²) in [6.45, 7) is 5.51. The molecule has 1 aliphatic heterocycles. The van der Waals surface area contributed by atoms with Crippen molar-refractivity contribution >= 4 is 32.3 Å². The zero-order valence-corrected chi connectivity index (χ0v) is 17.0. The number of fused-ring (bicyclic) bond motifs is 1. The van der Waals surface area contributed by atoms with Gasteiger partial charge in [-0.15, -0.1) is 11.3 Å². The van der Waals surface area contributed by atoms with E-state index >= 15 is 0 Å². The van der Waals surface area contributed by atoms with Gasteiger partial charge in [0.15, 0.2) is 0 Å². The van der Waals surface area contributed by atoms with Crippen molar-refractivity contribution < 1.29 is 8.42 Å². The SMILES string of the molecule is Cc1cnc2c(S(=O)(=O)N3CCN(CCc4cccs4)CC3)cccc2c1. The van der Waals surface area contributed by atoms with Crippen molar-refractivity contribution in [1.82, 2.24) is 14.2 Å². The van der Waals surface area contributed by atoms with E-state index in [4.69, 9.17) is 0 Å². The molecule has 1 fully saturated rings. The van der Waals surface area contributed by atoms with Crippen molar-refractivity contribution in [3.05, 3.63) is 58.4 Å². The predicted octanol–water partition coefficient (Wildman–Crippen LogP) is 3.15. The van der Waals surface area contributed by atoms with Gasteiger partial charge in [0.25, 0.3) is 0 Å². The van der Waals surface area contributed by atoms with Crippen molar-refractivity contribution in [1.29, 1.82) is 0 Å². The van der Waals surface area contributed by atoms with Gasteiger partial charge in [0.1, 0.15) is 4.90 Å². The third kappa shape index (κ3) is 3.91. The van der Waals surface area contributed by atoms with Crippen LogP contribution in [0.5, 0.6) is 0 Å². The Morgan fingerprint density at radius 3 is 2.67 bits per heavy atom. The highest BCUT2D eigenvalue weighted by Gasteiger charge is 2.30. The second-order valence-electron chi connectivity index (χ2n) is 6.92. The summed E-state index contributed by atoms with van der Waals surface area (Å²) in [5, 5.41) is 2.96. The van der Waals surface area contributed by atoms with Gasteiger partial charge < -0.3 is 4.90 Å². The van der Waals surface area contributed by atoms with Crippen LogP contribution in [0.15, 0.2) is 52.9 Å². The number of pyridine rings is 1. The Labute approximate surface area is 164 Å². The number of aromatic nitrogens is 1. The third-order valence-corrected chi connectivity index (χ3v) is 7.88. The first-order valence-electron chi connectivity index (χ1n) is 9.14. The maximum atomic E-state index is 13.2. The smallest absolute Gasteiger partial charge is 0.245 e. The second kappa shape index (κ2) is 7.67. The van der Waals surface area contributed by atoms with Crippen LogP contribution in [-0.2, 0) is 16.4 Å². The van der Waals surface area contributed by atoms with Crippen LogP contribution in [0, 0.1) is 6.92 Å². The molecule has 1 aromatic carbocycles. The van der Waals surface area contributed by atoms with E-state index in [2.05, 4.69) is 27.4 Å². The molecule has 0 unspecified atom stereocenters. The Balaban J connectivity index is 1.47. The van der Waals surface area contributed by atoms with E-state index in [0.717, 1.165) is 37.0 Å². The number of rotatable bonds is 5. The summed E-state index contributed by atoms with van der Waals surface area (Å²) in [5.74, 6) is 0. The molecule has 5 nitrogen and oxygen atoms in total. The molecule has 3 aromatic rings. The first-order valence-corrected chi connectivity index (χ1v) is 11.5. The monoisotopic (exact) mass is 401 g/mol.